The Hall–Kier alpha value is -1.08. The van der Waals surface area contributed by atoms with E-state index in [0.717, 1.165) is 13.0 Å². The zero-order valence-electron chi connectivity index (χ0n) is 11.2. The molecule has 0 heterocycles. The van der Waals surface area contributed by atoms with Crippen LogP contribution in [0.15, 0.2) is 0 Å². The van der Waals surface area contributed by atoms with Crippen LogP contribution in [0.1, 0.15) is 34.1 Å². The summed E-state index contributed by atoms with van der Waals surface area (Å²) in [7, 11) is 3.62. The van der Waals surface area contributed by atoms with Crippen molar-refractivity contribution in [1.82, 2.24) is 9.80 Å². The number of hydrogen-bond acceptors (Lipinski definition) is 3. The van der Waals surface area contributed by atoms with Crippen molar-refractivity contribution in [1.29, 1.82) is 5.26 Å². The van der Waals surface area contributed by atoms with Gasteiger partial charge in [0.2, 0.25) is 5.91 Å². The molecule has 0 bridgehead atoms. The summed E-state index contributed by atoms with van der Waals surface area (Å²) in [4.78, 5) is 15.8. The molecular weight excluding hydrogens is 202 g/mol. The van der Waals surface area contributed by atoms with Crippen molar-refractivity contribution in [2.75, 3.05) is 20.6 Å². The third-order valence-electron chi connectivity index (χ3n) is 3.15. The van der Waals surface area contributed by atoms with Gasteiger partial charge < -0.3 is 4.90 Å². The van der Waals surface area contributed by atoms with Gasteiger partial charge in [-0.1, -0.05) is 13.8 Å². The Balaban J connectivity index is 4.84. The van der Waals surface area contributed by atoms with E-state index in [4.69, 9.17) is 5.26 Å². The van der Waals surface area contributed by atoms with Gasteiger partial charge in [0.15, 0.2) is 0 Å². The topological polar surface area (TPSA) is 47.3 Å². The second-order valence-electron chi connectivity index (χ2n) is 4.57. The van der Waals surface area contributed by atoms with E-state index in [1.807, 2.05) is 25.8 Å². The molecule has 1 unspecified atom stereocenters. The maximum atomic E-state index is 12.2. The average Bonchev–Trinajstić information content (AvgIpc) is 2.28. The van der Waals surface area contributed by atoms with Crippen molar-refractivity contribution in [3.05, 3.63) is 0 Å². The Labute approximate surface area is 98.8 Å². The summed E-state index contributed by atoms with van der Waals surface area (Å²) in [5.74, 6) is 0.0124. The molecule has 16 heavy (non-hydrogen) atoms. The van der Waals surface area contributed by atoms with Crippen LogP contribution < -0.4 is 0 Å². The fourth-order valence-electron chi connectivity index (χ4n) is 1.47. The van der Waals surface area contributed by atoms with Crippen molar-refractivity contribution in [2.24, 2.45) is 0 Å². The van der Waals surface area contributed by atoms with E-state index in [1.54, 1.807) is 20.9 Å². The van der Waals surface area contributed by atoms with E-state index in [1.165, 1.54) is 4.90 Å². The van der Waals surface area contributed by atoms with Gasteiger partial charge in [-0.15, -0.1) is 0 Å². The van der Waals surface area contributed by atoms with E-state index < -0.39 is 5.54 Å². The van der Waals surface area contributed by atoms with Crippen LogP contribution in [0.2, 0.25) is 0 Å². The molecule has 0 spiro atoms. The summed E-state index contributed by atoms with van der Waals surface area (Å²) in [6, 6.07) is 2.01. The average molecular weight is 225 g/mol. The predicted octanol–water partition coefficient (Wildman–Crippen LogP) is 1.48. The summed E-state index contributed by atoms with van der Waals surface area (Å²) < 4.78 is 0. The highest BCUT2D eigenvalue weighted by molar-refractivity contribution is 5.82. The second-order valence-corrected chi connectivity index (χ2v) is 4.57. The molecule has 4 heteroatoms. The maximum absolute atomic E-state index is 12.2. The number of amides is 1. The molecule has 0 aliphatic carbocycles. The minimum atomic E-state index is -0.751. The zero-order valence-corrected chi connectivity index (χ0v) is 11.2. The summed E-state index contributed by atoms with van der Waals surface area (Å²) in [5, 5.41) is 9.01. The predicted molar refractivity (Wildman–Crippen MR) is 64.8 cm³/mol. The van der Waals surface area contributed by atoms with Gasteiger partial charge in [-0.05, 0) is 33.9 Å². The molecule has 0 saturated carbocycles. The van der Waals surface area contributed by atoms with Gasteiger partial charge in [-0.25, -0.2) is 0 Å². The van der Waals surface area contributed by atoms with Crippen LogP contribution in [-0.2, 0) is 4.79 Å². The van der Waals surface area contributed by atoms with Crippen molar-refractivity contribution in [2.45, 2.75) is 45.7 Å². The highest BCUT2D eigenvalue weighted by Crippen LogP contribution is 2.15. The smallest absolute Gasteiger partial charge is 0.240 e. The lowest BCUT2D eigenvalue weighted by Gasteiger charge is -2.35. The largest absolute Gasteiger partial charge is 0.326 e. The summed E-state index contributed by atoms with van der Waals surface area (Å²) >= 11 is 0. The first-order chi connectivity index (χ1) is 7.31. The van der Waals surface area contributed by atoms with Crippen LogP contribution in [0, 0.1) is 11.3 Å². The molecule has 1 amide bonds. The van der Waals surface area contributed by atoms with Crippen molar-refractivity contribution in [3.8, 4) is 6.07 Å². The summed E-state index contributed by atoms with van der Waals surface area (Å²) in [5.41, 5.74) is -0.751. The molecule has 0 aliphatic rings. The van der Waals surface area contributed by atoms with E-state index in [0.29, 0.717) is 0 Å². The van der Waals surface area contributed by atoms with Gasteiger partial charge >= 0.3 is 0 Å². The first-order valence-electron chi connectivity index (χ1n) is 5.70. The quantitative estimate of drug-likeness (QED) is 0.712. The van der Waals surface area contributed by atoms with Crippen LogP contribution >= 0.6 is 0 Å². The first-order valence-corrected chi connectivity index (χ1v) is 5.70. The highest BCUT2D eigenvalue weighted by Gasteiger charge is 2.32. The van der Waals surface area contributed by atoms with E-state index >= 15 is 0 Å². The highest BCUT2D eigenvalue weighted by atomic mass is 16.2. The van der Waals surface area contributed by atoms with E-state index in [2.05, 4.69) is 6.07 Å². The number of hydrogen-bond donors (Lipinski definition) is 0. The Kier molecular flexibility index (Phi) is 5.46. The van der Waals surface area contributed by atoms with Gasteiger partial charge in [-0.2, -0.15) is 5.26 Å². The van der Waals surface area contributed by atoms with Crippen molar-refractivity contribution >= 4 is 5.91 Å². The van der Waals surface area contributed by atoms with Crippen molar-refractivity contribution in [3.63, 3.8) is 0 Å². The zero-order chi connectivity index (χ0) is 12.9. The SMILES string of the molecule is CCC(C(=O)N(C)C(C)(C)C#N)N(C)CC. The summed E-state index contributed by atoms with van der Waals surface area (Å²) in [6.45, 7) is 8.34. The Morgan fingerprint density at radius 2 is 1.88 bits per heavy atom. The molecule has 0 saturated heterocycles. The summed E-state index contributed by atoms with van der Waals surface area (Å²) in [6.07, 6.45) is 0.759. The molecule has 0 aromatic carbocycles. The van der Waals surface area contributed by atoms with Gasteiger partial charge in [0.05, 0.1) is 12.1 Å². The normalized spacial score (nSPS) is 13.4. The minimum Gasteiger partial charge on any atom is -0.326 e. The van der Waals surface area contributed by atoms with Gasteiger partial charge in [0.25, 0.3) is 0 Å². The first kappa shape index (κ1) is 14.9. The molecule has 92 valence electrons. The number of nitriles is 1. The molecule has 1 atom stereocenters. The van der Waals surface area contributed by atoms with E-state index in [-0.39, 0.29) is 11.9 Å². The lowest BCUT2D eigenvalue weighted by Crippen LogP contribution is -2.52. The molecule has 0 aliphatic heterocycles. The molecule has 0 radical (unpaired) electrons. The molecule has 0 aromatic rings. The van der Waals surface area contributed by atoms with Gasteiger partial charge in [-0.3, -0.25) is 9.69 Å². The number of rotatable bonds is 5. The number of likely N-dealkylation sites (N-methyl/N-ethyl adjacent to an activating group) is 2. The van der Waals surface area contributed by atoms with Crippen LogP contribution in [0.25, 0.3) is 0 Å². The third kappa shape index (κ3) is 3.21. The lowest BCUT2D eigenvalue weighted by atomic mass is 10.0. The molecule has 0 N–H and O–H groups in total. The number of carbonyl (C=O) groups excluding carboxylic acids is 1. The maximum Gasteiger partial charge on any atom is 0.240 e. The molecule has 0 fully saturated rings. The second kappa shape index (κ2) is 5.86. The third-order valence-corrected chi connectivity index (χ3v) is 3.15. The van der Waals surface area contributed by atoms with Crippen LogP contribution in [0.5, 0.6) is 0 Å². The monoisotopic (exact) mass is 225 g/mol. The van der Waals surface area contributed by atoms with Gasteiger partial charge in [0.1, 0.15) is 5.54 Å². The number of carbonyl (C=O) groups is 1. The van der Waals surface area contributed by atoms with Crippen LogP contribution in [-0.4, -0.2) is 47.9 Å². The minimum absolute atomic E-state index is 0.0124. The Morgan fingerprint density at radius 3 is 2.19 bits per heavy atom. The molecular formula is C12H23N3O. The molecule has 0 aromatic heterocycles. The lowest BCUT2D eigenvalue weighted by molar-refractivity contribution is -0.138. The number of nitrogens with zero attached hydrogens (tertiary/aromatic N) is 3. The van der Waals surface area contributed by atoms with E-state index in [9.17, 15) is 4.79 Å². The van der Waals surface area contributed by atoms with Crippen LogP contribution in [0.4, 0.5) is 0 Å². The van der Waals surface area contributed by atoms with Crippen molar-refractivity contribution < 1.29 is 4.79 Å². The molecule has 0 rings (SSSR count). The Morgan fingerprint density at radius 1 is 1.38 bits per heavy atom. The standard InChI is InChI=1S/C12H23N3O/c1-7-10(14(5)8-2)11(16)15(6)12(3,4)9-13/h10H,7-8H2,1-6H3. The Bertz CT molecular complexity index is 280. The van der Waals surface area contributed by atoms with Crippen LogP contribution in [0.3, 0.4) is 0 Å². The van der Waals surface area contributed by atoms with Gasteiger partial charge in [0, 0.05) is 7.05 Å². The molecule has 4 nitrogen and oxygen atoms in total. The fourth-order valence-corrected chi connectivity index (χ4v) is 1.47. The fraction of sp³-hybridized carbons (Fsp3) is 0.833.